The fourth-order valence-corrected chi connectivity index (χ4v) is 2.49. The second-order valence-electron chi connectivity index (χ2n) is 7.69. The molecule has 1 rings (SSSR count). The maximum atomic E-state index is 10.6. The minimum Gasteiger partial charge on any atom is -0.403 e. The number of nitrogens with one attached hydrogen (secondary N) is 2. The van der Waals surface area contributed by atoms with Crippen LogP contribution in [0.3, 0.4) is 0 Å². The molecular weight excluding hydrogens is 338 g/mol. The first-order chi connectivity index (χ1) is 12.2. The SMILES string of the molecule is CCCC(C)(C)NCCONC(C)(C)CCOCc1ccc([N+](=O)[O-])o1. The van der Waals surface area contributed by atoms with Gasteiger partial charge in [0.25, 0.3) is 0 Å². The molecule has 0 saturated carbocycles. The number of hydrogen-bond donors (Lipinski definition) is 2. The molecule has 0 bridgehead atoms. The molecule has 0 aliphatic heterocycles. The van der Waals surface area contributed by atoms with E-state index in [4.69, 9.17) is 14.0 Å². The first-order valence-corrected chi connectivity index (χ1v) is 9.10. The Kier molecular flexibility index (Phi) is 9.21. The summed E-state index contributed by atoms with van der Waals surface area (Å²) in [5.74, 6) is 0.175. The normalized spacial score (nSPS) is 12.5. The summed E-state index contributed by atoms with van der Waals surface area (Å²) >= 11 is 0. The Morgan fingerprint density at radius 3 is 2.50 bits per heavy atom. The molecule has 0 aliphatic carbocycles. The molecule has 26 heavy (non-hydrogen) atoms. The van der Waals surface area contributed by atoms with Crippen molar-refractivity contribution in [3.63, 3.8) is 0 Å². The predicted molar refractivity (Wildman–Crippen MR) is 99.8 cm³/mol. The first kappa shape index (κ1) is 22.6. The van der Waals surface area contributed by atoms with Gasteiger partial charge in [-0.1, -0.05) is 13.3 Å². The van der Waals surface area contributed by atoms with E-state index in [2.05, 4.69) is 31.6 Å². The molecule has 8 heteroatoms. The second-order valence-corrected chi connectivity index (χ2v) is 7.69. The molecule has 150 valence electrons. The van der Waals surface area contributed by atoms with E-state index in [1.807, 2.05) is 13.8 Å². The van der Waals surface area contributed by atoms with Crippen LogP contribution in [0.4, 0.5) is 5.88 Å². The molecule has 0 atom stereocenters. The third kappa shape index (κ3) is 9.28. The molecule has 0 fully saturated rings. The van der Waals surface area contributed by atoms with Crippen molar-refractivity contribution in [2.75, 3.05) is 19.8 Å². The van der Waals surface area contributed by atoms with Crippen LogP contribution in [0.25, 0.3) is 0 Å². The molecule has 1 aromatic heterocycles. The lowest BCUT2D eigenvalue weighted by molar-refractivity contribution is -0.402. The second kappa shape index (κ2) is 10.6. The molecule has 0 spiro atoms. The molecule has 8 nitrogen and oxygen atoms in total. The lowest BCUT2D eigenvalue weighted by atomic mass is 9.99. The standard InChI is InChI=1S/C18H33N3O5/c1-6-9-17(2,3)19-11-13-25-20-18(4,5)10-12-24-14-15-7-8-16(26-15)21(22)23/h7-8,19-20H,6,9-14H2,1-5H3. The summed E-state index contributed by atoms with van der Waals surface area (Å²) in [7, 11) is 0. The van der Waals surface area contributed by atoms with Gasteiger partial charge in [0.1, 0.15) is 17.3 Å². The number of nitrogens with zero attached hydrogens (tertiary/aromatic N) is 1. The minimum absolute atomic E-state index is 0.127. The predicted octanol–water partition coefficient (Wildman–Crippen LogP) is 3.56. The van der Waals surface area contributed by atoms with E-state index >= 15 is 0 Å². The molecule has 0 radical (unpaired) electrons. The summed E-state index contributed by atoms with van der Waals surface area (Å²) in [6.07, 6.45) is 3.00. The molecule has 0 aliphatic rings. The highest BCUT2D eigenvalue weighted by molar-refractivity contribution is 5.17. The van der Waals surface area contributed by atoms with E-state index in [0.29, 0.717) is 19.0 Å². The third-order valence-corrected chi connectivity index (χ3v) is 3.97. The Morgan fingerprint density at radius 1 is 1.15 bits per heavy atom. The fraction of sp³-hybridized carbons (Fsp3) is 0.778. The van der Waals surface area contributed by atoms with Gasteiger partial charge in [0.15, 0.2) is 0 Å². The van der Waals surface area contributed by atoms with Crippen LogP contribution in [0.15, 0.2) is 16.5 Å². The fourth-order valence-electron chi connectivity index (χ4n) is 2.49. The van der Waals surface area contributed by atoms with Crippen molar-refractivity contribution >= 4 is 5.88 Å². The molecule has 1 aromatic rings. The maximum absolute atomic E-state index is 10.6. The Balaban J connectivity index is 2.14. The number of ether oxygens (including phenoxy) is 1. The summed E-state index contributed by atoms with van der Waals surface area (Å²) in [5.41, 5.74) is 2.95. The zero-order valence-electron chi connectivity index (χ0n) is 16.6. The van der Waals surface area contributed by atoms with Crippen molar-refractivity contribution in [1.29, 1.82) is 0 Å². The average Bonchev–Trinajstić information content (AvgIpc) is 3.00. The van der Waals surface area contributed by atoms with Gasteiger partial charge in [0.2, 0.25) is 0 Å². The Morgan fingerprint density at radius 2 is 1.88 bits per heavy atom. The number of rotatable bonds is 14. The number of furan rings is 1. The number of hydrogen-bond acceptors (Lipinski definition) is 7. The molecule has 1 heterocycles. The van der Waals surface area contributed by atoms with Crippen molar-refractivity contribution < 1.29 is 18.9 Å². The van der Waals surface area contributed by atoms with Crippen molar-refractivity contribution in [3.05, 3.63) is 28.0 Å². The molecular formula is C18H33N3O5. The van der Waals surface area contributed by atoms with E-state index in [9.17, 15) is 10.1 Å². The van der Waals surface area contributed by atoms with Crippen LogP contribution < -0.4 is 10.8 Å². The van der Waals surface area contributed by atoms with Gasteiger partial charge in [-0.25, -0.2) is 0 Å². The van der Waals surface area contributed by atoms with E-state index in [-0.39, 0.29) is 23.6 Å². The summed E-state index contributed by atoms with van der Waals surface area (Å²) < 4.78 is 10.6. The summed E-state index contributed by atoms with van der Waals surface area (Å²) in [4.78, 5) is 15.5. The van der Waals surface area contributed by atoms with Crippen LogP contribution in [0.5, 0.6) is 0 Å². The van der Waals surface area contributed by atoms with Gasteiger partial charge >= 0.3 is 5.88 Å². The molecule has 0 unspecified atom stereocenters. The first-order valence-electron chi connectivity index (χ1n) is 9.10. The summed E-state index contributed by atoms with van der Waals surface area (Å²) in [6.45, 7) is 12.7. The van der Waals surface area contributed by atoms with Crippen LogP contribution in [0.1, 0.15) is 59.6 Å². The van der Waals surface area contributed by atoms with E-state index in [1.165, 1.54) is 6.07 Å². The minimum atomic E-state index is -0.563. The van der Waals surface area contributed by atoms with Gasteiger partial charge in [-0.3, -0.25) is 15.0 Å². The topological polar surface area (TPSA) is 98.8 Å². The van der Waals surface area contributed by atoms with Crippen LogP contribution in [-0.4, -0.2) is 35.8 Å². The zero-order chi connectivity index (χ0) is 19.6. The monoisotopic (exact) mass is 371 g/mol. The smallest absolute Gasteiger partial charge is 0.403 e. The van der Waals surface area contributed by atoms with Crippen LogP contribution in [0.2, 0.25) is 0 Å². The molecule has 0 saturated heterocycles. The van der Waals surface area contributed by atoms with Gasteiger partial charge in [-0.2, -0.15) is 5.48 Å². The van der Waals surface area contributed by atoms with E-state index in [1.54, 1.807) is 6.07 Å². The van der Waals surface area contributed by atoms with Crippen LogP contribution >= 0.6 is 0 Å². The van der Waals surface area contributed by atoms with Crippen molar-refractivity contribution in [3.8, 4) is 0 Å². The Hall–Kier alpha value is -1.48. The molecule has 0 aromatic carbocycles. The Bertz CT molecular complexity index is 543. The van der Waals surface area contributed by atoms with Gasteiger partial charge in [-0.15, -0.1) is 0 Å². The van der Waals surface area contributed by atoms with Gasteiger partial charge < -0.3 is 14.5 Å². The average molecular weight is 371 g/mol. The van der Waals surface area contributed by atoms with E-state index in [0.717, 1.165) is 25.8 Å². The van der Waals surface area contributed by atoms with E-state index < -0.39 is 4.92 Å². The van der Waals surface area contributed by atoms with Crippen LogP contribution in [-0.2, 0) is 16.2 Å². The zero-order valence-corrected chi connectivity index (χ0v) is 16.6. The number of hydroxylamine groups is 1. The molecule has 0 amide bonds. The largest absolute Gasteiger partial charge is 0.433 e. The quantitative estimate of drug-likeness (QED) is 0.293. The lowest BCUT2D eigenvalue weighted by Gasteiger charge is -2.28. The Labute approximate surface area is 155 Å². The highest BCUT2D eigenvalue weighted by atomic mass is 16.7. The van der Waals surface area contributed by atoms with Crippen LogP contribution in [0, 0.1) is 10.1 Å². The maximum Gasteiger partial charge on any atom is 0.433 e. The van der Waals surface area contributed by atoms with Crippen molar-refractivity contribution in [1.82, 2.24) is 10.8 Å². The third-order valence-electron chi connectivity index (χ3n) is 3.97. The lowest BCUT2D eigenvalue weighted by Crippen LogP contribution is -2.44. The van der Waals surface area contributed by atoms with Gasteiger partial charge in [0.05, 0.1) is 12.7 Å². The summed E-state index contributed by atoms with van der Waals surface area (Å²) in [6, 6.07) is 2.88. The summed E-state index contributed by atoms with van der Waals surface area (Å²) in [5, 5.41) is 14.0. The van der Waals surface area contributed by atoms with Gasteiger partial charge in [-0.05, 0) is 46.6 Å². The highest BCUT2D eigenvalue weighted by Crippen LogP contribution is 2.17. The van der Waals surface area contributed by atoms with Crippen molar-refractivity contribution in [2.24, 2.45) is 0 Å². The highest BCUT2D eigenvalue weighted by Gasteiger charge is 2.19. The van der Waals surface area contributed by atoms with Crippen molar-refractivity contribution in [2.45, 2.75) is 71.6 Å². The van der Waals surface area contributed by atoms with Gasteiger partial charge in [0, 0.05) is 24.2 Å². The molecule has 2 N–H and O–H groups in total. The number of nitro groups is 1.